The number of imidazole rings is 1. The Morgan fingerprint density at radius 2 is 2.11 bits per heavy atom. The summed E-state index contributed by atoms with van der Waals surface area (Å²) in [5, 5.41) is 40.2. The number of amides is 1. The molecule has 1 aromatic heterocycles. The van der Waals surface area contributed by atoms with Gasteiger partial charge < -0.3 is 39.9 Å². The van der Waals surface area contributed by atoms with Crippen molar-refractivity contribution < 1.29 is 48.8 Å². The molecule has 0 aromatic carbocycles. The third kappa shape index (κ3) is 3.55. The van der Waals surface area contributed by atoms with Gasteiger partial charge >= 0.3 is 7.82 Å². The maximum atomic E-state index is 11.7. The lowest BCUT2D eigenvalue weighted by atomic mass is 9.99. The zero-order chi connectivity index (χ0) is 20.8. The average Bonchev–Trinajstić information content (AvgIpc) is 3.16. The van der Waals surface area contributed by atoms with Gasteiger partial charge in [0.15, 0.2) is 11.6 Å². The standard InChI is InChI=1S/C13H17N4O10P/c14-17-13(22)7-6-4(19)1-3(8(20)12(15-6)16-7)10-11(27-28(23,24)25)9(21)5(2-18)26-10/h1,5,9-11,18-21H,2,14H2,(H,15,16)(H,17,22)(H2,23,24,25)/t5-,9-,10?,11-/m1/s1. The topological polar surface area (TPSA) is 241 Å². The van der Waals surface area contributed by atoms with Crippen molar-refractivity contribution in [3.63, 3.8) is 0 Å². The van der Waals surface area contributed by atoms with E-state index >= 15 is 0 Å². The number of H-pyrrole nitrogens is 1. The number of nitrogens with zero attached hydrogens (tertiary/aromatic N) is 1. The van der Waals surface area contributed by atoms with Crippen molar-refractivity contribution in [3.8, 4) is 0 Å². The van der Waals surface area contributed by atoms with Crippen LogP contribution >= 0.6 is 7.82 Å². The summed E-state index contributed by atoms with van der Waals surface area (Å²) >= 11 is 0. The lowest BCUT2D eigenvalue weighted by Gasteiger charge is -2.22. The van der Waals surface area contributed by atoms with Gasteiger partial charge in [0.05, 0.1) is 6.61 Å². The van der Waals surface area contributed by atoms with Crippen LogP contribution in [-0.4, -0.2) is 77.1 Å². The number of ether oxygens (including phenoxy) is 1. The van der Waals surface area contributed by atoms with E-state index < -0.39 is 56.3 Å². The Balaban J connectivity index is 2.07. The van der Waals surface area contributed by atoms with Crippen molar-refractivity contribution in [2.75, 3.05) is 6.61 Å². The van der Waals surface area contributed by atoms with E-state index in [1.165, 1.54) is 0 Å². The van der Waals surface area contributed by atoms with Crippen molar-refractivity contribution >= 4 is 25.2 Å². The fraction of sp³-hybridized carbons (Fsp3) is 0.385. The number of nitrogens with one attached hydrogen (secondary N) is 2. The lowest BCUT2D eigenvalue weighted by Crippen LogP contribution is -2.36. The minimum atomic E-state index is -5.10. The second-order valence-electron chi connectivity index (χ2n) is 5.94. The van der Waals surface area contributed by atoms with E-state index in [9.17, 15) is 29.8 Å². The van der Waals surface area contributed by atoms with Gasteiger partial charge in [-0.25, -0.2) is 15.4 Å². The molecule has 15 heteroatoms. The average molecular weight is 420 g/mol. The summed E-state index contributed by atoms with van der Waals surface area (Å²) in [5.41, 5.74) is 1.06. The molecule has 3 heterocycles. The van der Waals surface area contributed by atoms with Crippen LogP contribution < -0.4 is 11.3 Å². The Bertz CT molecular complexity index is 905. The van der Waals surface area contributed by atoms with E-state index in [1.807, 2.05) is 5.43 Å². The van der Waals surface area contributed by atoms with Gasteiger partial charge in [-0.2, -0.15) is 0 Å². The maximum Gasteiger partial charge on any atom is 0.470 e. The highest BCUT2D eigenvalue weighted by molar-refractivity contribution is 7.46. The number of hydrogen-bond acceptors (Lipinski definition) is 10. The molecule has 0 aliphatic carbocycles. The van der Waals surface area contributed by atoms with E-state index in [0.29, 0.717) is 0 Å². The number of aliphatic hydroxyl groups is 4. The summed E-state index contributed by atoms with van der Waals surface area (Å²) in [4.78, 5) is 36.2. The summed E-state index contributed by atoms with van der Waals surface area (Å²) < 4.78 is 21.2. The molecule has 1 fully saturated rings. The zero-order valence-electron chi connectivity index (χ0n) is 13.9. The van der Waals surface area contributed by atoms with Crippen molar-refractivity contribution in [2.24, 2.45) is 5.84 Å². The van der Waals surface area contributed by atoms with Crippen LogP contribution in [0.25, 0.3) is 11.5 Å². The number of fused-ring (bicyclic) bond motifs is 2. The van der Waals surface area contributed by atoms with E-state index in [2.05, 4.69) is 14.5 Å². The van der Waals surface area contributed by atoms with Crippen molar-refractivity contribution in [1.82, 2.24) is 15.4 Å². The summed E-state index contributed by atoms with van der Waals surface area (Å²) in [7, 11) is -5.10. The van der Waals surface area contributed by atoms with Gasteiger partial charge in [-0.1, -0.05) is 0 Å². The first-order valence-electron chi connectivity index (χ1n) is 7.71. The Kier molecular flexibility index (Phi) is 5.31. The highest BCUT2D eigenvalue weighted by Gasteiger charge is 2.49. The Labute approximate surface area is 156 Å². The molecule has 2 bridgehead atoms. The molecule has 0 spiro atoms. The molecule has 1 saturated heterocycles. The molecule has 154 valence electrons. The fourth-order valence-electron chi connectivity index (χ4n) is 2.96. The van der Waals surface area contributed by atoms with E-state index in [4.69, 9.17) is 20.4 Å². The quantitative estimate of drug-likeness (QED) is 0.107. The van der Waals surface area contributed by atoms with Crippen LogP contribution in [0.4, 0.5) is 0 Å². The number of hydrogen-bond donors (Lipinski definition) is 9. The summed E-state index contributed by atoms with van der Waals surface area (Å²) in [5.74, 6) is 2.65. The number of rotatable bonds is 5. The molecule has 1 unspecified atom stereocenters. The predicted molar refractivity (Wildman–Crippen MR) is 89.1 cm³/mol. The fourth-order valence-corrected chi connectivity index (χ4v) is 3.51. The molecule has 0 radical (unpaired) electrons. The number of hydrazine groups is 1. The SMILES string of the molecule is NNC(=O)c1[nH]c2nc1C(O)=CC(C1O[C@H](CO)[C@@H](O)[C@H]1OP(=O)(O)O)=C2O. The lowest BCUT2D eigenvalue weighted by molar-refractivity contribution is -0.0135. The van der Waals surface area contributed by atoms with Crippen molar-refractivity contribution in [2.45, 2.75) is 24.4 Å². The van der Waals surface area contributed by atoms with Crippen LogP contribution in [0.5, 0.6) is 0 Å². The van der Waals surface area contributed by atoms with Crippen LogP contribution in [0.15, 0.2) is 11.6 Å². The highest BCUT2D eigenvalue weighted by atomic mass is 31.2. The molecule has 2 aliphatic rings. The van der Waals surface area contributed by atoms with Gasteiger partial charge in [0.1, 0.15) is 41.6 Å². The number of nitrogens with two attached hydrogens (primary N) is 1. The first-order valence-corrected chi connectivity index (χ1v) is 9.24. The maximum absolute atomic E-state index is 11.7. The summed E-state index contributed by atoms with van der Waals surface area (Å²) in [6, 6.07) is 0. The molecule has 10 N–H and O–H groups in total. The van der Waals surface area contributed by atoms with Crippen LogP contribution in [0.2, 0.25) is 0 Å². The number of phosphoric acid groups is 1. The highest BCUT2D eigenvalue weighted by Crippen LogP contribution is 2.44. The molecule has 3 rings (SSSR count). The Hall–Kier alpha value is -2.29. The molecule has 4 atom stereocenters. The van der Waals surface area contributed by atoms with Gasteiger partial charge in [-0.05, 0) is 6.08 Å². The van der Waals surface area contributed by atoms with Crippen LogP contribution in [-0.2, 0) is 13.8 Å². The number of carbonyl (C=O) groups is 1. The van der Waals surface area contributed by atoms with Crippen molar-refractivity contribution in [3.05, 3.63) is 28.9 Å². The molecule has 14 nitrogen and oxygen atoms in total. The van der Waals surface area contributed by atoms with E-state index in [-0.39, 0.29) is 22.8 Å². The first-order chi connectivity index (χ1) is 13.1. The predicted octanol–water partition coefficient (Wildman–Crippen LogP) is -2.21. The summed E-state index contributed by atoms with van der Waals surface area (Å²) in [6.07, 6.45) is -5.22. The van der Waals surface area contributed by atoms with E-state index in [1.54, 1.807) is 0 Å². The van der Waals surface area contributed by atoms with Gasteiger partial charge in [0, 0.05) is 5.57 Å². The van der Waals surface area contributed by atoms with Crippen LogP contribution in [0.3, 0.4) is 0 Å². The third-order valence-electron chi connectivity index (χ3n) is 4.18. The molecular formula is C13H17N4O10P. The van der Waals surface area contributed by atoms with Gasteiger partial charge in [-0.3, -0.25) is 14.7 Å². The largest absolute Gasteiger partial charge is 0.506 e. The van der Waals surface area contributed by atoms with Crippen molar-refractivity contribution in [1.29, 1.82) is 0 Å². The number of nitrogen functional groups attached to an aromatic ring is 1. The number of carbonyl (C=O) groups excluding carboxylic acids is 1. The Morgan fingerprint density at radius 3 is 2.68 bits per heavy atom. The Morgan fingerprint density at radius 1 is 1.43 bits per heavy atom. The monoisotopic (exact) mass is 420 g/mol. The summed E-state index contributed by atoms with van der Waals surface area (Å²) in [6.45, 7) is -0.715. The van der Waals surface area contributed by atoms with Gasteiger partial charge in [0.2, 0.25) is 0 Å². The number of aromatic nitrogens is 2. The number of aliphatic hydroxyl groups excluding tert-OH is 4. The van der Waals surface area contributed by atoms with Crippen LogP contribution in [0.1, 0.15) is 22.0 Å². The molecule has 2 aliphatic heterocycles. The van der Waals surface area contributed by atoms with Crippen LogP contribution in [0, 0.1) is 0 Å². The number of phosphoric ester groups is 1. The first kappa shape index (κ1) is 20.4. The number of aromatic amines is 1. The minimum Gasteiger partial charge on any atom is -0.506 e. The normalized spacial score (nSPS) is 27.5. The molecular weight excluding hydrogens is 403 g/mol. The zero-order valence-corrected chi connectivity index (χ0v) is 14.8. The second-order valence-corrected chi connectivity index (χ2v) is 7.14. The van der Waals surface area contributed by atoms with Gasteiger partial charge in [0.25, 0.3) is 5.91 Å². The molecule has 0 saturated carbocycles. The molecule has 1 amide bonds. The minimum absolute atomic E-state index is 0.250. The second kappa shape index (κ2) is 7.27. The van der Waals surface area contributed by atoms with Gasteiger partial charge in [-0.15, -0.1) is 0 Å². The molecule has 28 heavy (non-hydrogen) atoms. The third-order valence-corrected chi connectivity index (χ3v) is 4.70. The molecule has 1 aromatic rings. The smallest absolute Gasteiger partial charge is 0.470 e. The van der Waals surface area contributed by atoms with E-state index in [0.717, 1.165) is 6.08 Å².